The highest BCUT2D eigenvalue weighted by Crippen LogP contribution is 2.25. The molecule has 1 aromatic carbocycles. The molecule has 0 bridgehead atoms. The lowest BCUT2D eigenvalue weighted by Crippen LogP contribution is -2.24. The minimum Gasteiger partial charge on any atom is -0.478 e. The van der Waals surface area contributed by atoms with Crippen molar-refractivity contribution in [1.29, 1.82) is 0 Å². The summed E-state index contributed by atoms with van der Waals surface area (Å²) >= 11 is 1.90. The van der Waals surface area contributed by atoms with E-state index in [2.05, 4.69) is 5.32 Å². The number of nitrogens with one attached hydrogen (secondary N) is 1. The predicted molar refractivity (Wildman–Crippen MR) is 81.0 cm³/mol. The van der Waals surface area contributed by atoms with Crippen LogP contribution in [0, 0.1) is 15.2 Å². The molecular formula is C13H9F2IN2O3. The third-order valence-corrected chi connectivity index (χ3v) is 3.41. The zero-order valence-electron chi connectivity index (χ0n) is 10.7. The van der Waals surface area contributed by atoms with Crippen molar-refractivity contribution in [3.8, 4) is 0 Å². The monoisotopic (exact) mass is 406 g/mol. The molecular weight excluding hydrogens is 397 g/mol. The Hall–Kier alpha value is -1.97. The third kappa shape index (κ3) is 3.04. The van der Waals surface area contributed by atoms with Crippen LogP contribution in [0.15, 0.2) is 29.2 Å². The molecule has 0 unspecified atom stereocenters. The molecule has 0 atom stereocenters. The number of aromatic nitrogens is 1. The van der Waals surface area contributed by atoms with Crippen molar-refractivity contribution >= 4 is 39.9 Å². The number of hydrogen-bond donors (Lipinski definition) is 2. The second kappa shape index (κ2) is 5.80. The van der Waals surface area contributed by atoms with Crippen molar-refractivity contribution in [3.63, 3.8) is 0 Å². The maximum atomic E-state index is 14.0. The molecule has 21 heavy (non-hydrogen) atoms. The molecule has 0 saturated carbocycles. The molecule has 1 heterocycles. The number of carboxylic acid groups (broad SMARTS) is 1. The van der Waals surface area contributed by atoms with Gasteiger partial charge < -0.3 is 15.0 Å². The van der Waals surface area contributed by atoms with Gasteiger partial charge in [0, 0.05) is 16.8 Å². The van der Waals surface area contributed by atoms with Gasteiger partial charge in [-0.3, -0.25) is 4.79 Å². The summed E-state index contributed by atoms with van der Waals surface area (Å²) in [7, 11) is 1.23. The molecule has 0 spiro atoms. The van der Waals surface area contributed by atoms with E-state index in [0.29, 0.717) is 3.57 Å². The third-order valence-electron chi connectivity index (χ3n) is 2.74. The number of hydrogen-bond acceptors (Lipinski definition) is 3. The molecule has 8 heteroatoms. The normalized spacial score (nSPS) is 10.5. The molecule has 0 aliphatic carbocycles. The van der Waals surface area contributed by atoms with Crippen LogP contribution < -0.4 is 10.9 Å². The van der Waals surface area contributed by atoms with Gasteiger partial charge in [0.05, 0.1) is 11.4 Å². The maximum absolute atomic E-state index is 14.0. The highest BCUT2D eigenvalue weighted by molar-refractivity contribution is 14.1. The molecule has 2 rings (SSSR count). The number of carbonyl (C=O) groups is 1. The van der Waals surface area contributed by atoms with Gasteiger partial charge in [0.1, 0.15) is 11.4 Å². The smallest absolute Gasteiger partial charge is 0.339 e. The first-order valence-electron chi connectivity index (χ1n) is 5.65. The first kappa shape index (κ1) is 15.4. The Morgan fingerprint density at radius 3 is 2.62 bits per heavy atom. The van der Waals surface area contributed by atoms with Gasteiger partial charge in [-0.25, -0.2) is 9.18 Å². The van der Waals surface area contributed by atoms with Gasteiger partial charge >= 0.3 is 5.97 Å². The maximum Gasteiger partial charge on any atom is 0.339 e. The number of halogens is 3. The number of rotatable bonds is 3. The minimum atomic E-state index is -1.43. The molecule has 2 aromatic rings. The van der Waals surface area contributed by atoms with Crippen LogP contribution in [0.1, 0.15) is 10.4 Å². The Labute approximate surface area is 131 Å². The van der Waals surface area contributed by atoms with Crippen molar-refractivity contribution in [2.75, 3.05) is 5.32 Å². The van der Waals surface area contributed by atoms with Gasteiger partial charge in [-0.1, -0.05) is 0 Å². The van der Waals surface area contributed by atoms with Crippen molar-refractivity contribution < 1.29 is 18.7 Å². The summed E-state index contributed by atoms with van der Waals surface area (Å²) in [6.45, 7) is 0. The van der Waals surface area contributed by atoms with Gasteiger partial charge in [-0.2, -0.15) is 4.39 Å². The average molecular weight is 406 g/mol. The van der Waals surface area contributed by atoms with E-state index < -0.39 is 34.4 Å². The van der Waals surface area contributed by atoms with Crippen LogP contribution in [0.5, 0.6) is 0 Å². The molecule has 0 aliphatic heterocycles. The number of aromatic carboxylic acids is 1. The van der Waals surface area contributed by atoms with Crippen LogP contribution in [0.2, 0.25) is 0 Å². The van der Waals surface area contributed by atoms with Crippen molar-refractivity contribution in [3.05, 3.63) is 55.5 Å². The van der Waals surface area contributed by atoms with Crippen LogP contribution in [-0.4, -0.2) is 15.6 Å². The standard InChI is InChI=1S/C13H9F2IN2O3/c1-18-5-7(13(20)21)11(10(15)12(18)19)17-9-3-2-6(16)4-8(9)14/h2-5,17H,1H3,(H,20,21). The fraction of sp³-hybridized carbons (Fsp3) is 0.0769. The van der Waals surface area contributed by atoms with Gasteiger partial charge in [0.2, 0.25) is 5.82 Å². The molecule has 2 N–H and O–H groups in total. The summed E-state index contributed by atoms with van der Waals surface area (Å²) in [5, 5.41) is 11.4. The number of nitrogens with zero attached hydrogens (tertiary/aromatic N) is 1. The highest BCUT2D eigenvalue weighted by atomic mass is 127. The zero-order valence-corrected chi connectivity index (χ0v) is 12.8. The van der Waals surface area contributed by atoms with Crippen LogP contribution in [0.4, 0.5) is 20.2 Å². The molecule has 0 saturated heterocycles. The lowest BCUT2D eigenvalue weighted by molar-refractivity contribution is 0.0696. The Balaban J connectivity index is 2.60. The van der Waals surface area contributed by atoms with Crippen LogP contribution >= 0.6 is 22.6 Å². The molecule has 110 valence electrons. The lowest BCUT2D eigenvalue weighted by atomic mass is 10.2. The second-order valence-corrected chi connectivity index (χ2v) is 5.45. The quantitative estimate of drug-likeness (QED) is 0.770. The van der Waals surface area contributed by atoms with E-state index in [1.165, 1.54) is 19.2 Å². The van der Waals surface area contributed by atoms with Crippen molar-refractivity contribution in [2.45, 2.75) is 0 Å². The largest absolute Gasteiger partial charge is 0.478 e. The molecule has 0 amide bonds. The number of carboxylic acids is 1. The summed E-state index contributed by atoms with van der Waals surface area (Å²) in [5.41, 5.74) is -2.16. The predicted octanol–water partition coefficient (Wildman–Crippen LogP) is 2.71. The van der Waals surface area contributed by atoms with Crippen LogP contribution in [-0.2, 0) is 7.05 Å². The van der Waals surface area contributed by atoms with E-state index in [1.54, 1.807) is 6.07 Å². The van der Waals surface area contributed by atoms with E-state index in [-0.39, 0.29) is 5.69 Å². The van der Waals surface area contributed by atoms with E-state index in [1.807, 2.05) is 22.6 Å². The fourth-order valence-electron chi connectivity index (χ4n) is 1.71. The van der Waals surface area contributed by atoms with Crippen molar-refractivity contribution in [1.82, 2.24) is 4.57 Å². The highest BCUT2D eigenvalue weighted by Gasteiger charge is 2.20. The van der Waals surface area contributed by atoms with E-state index in [0.717, 1.165) is 10.8 Å². The topological polar surface area (TPSA) is 71.3 Å². The molecule has 5 nitrogen and oxygen atoms in total. The summed E-state index contributed by atoms with van der Waals surface area (Å²) in [4.78, 5) is 22.7. The summed E-state index contributed by atoms with van der Waals surface area (Å²) in [6, 6.07) is 4.09. The average Bonchev–Trinajstić information content (AvgIpc) is 2.41. The van der Waals surface area contributed by atoms with Crippen LogP contribution in [0.25, 0.3) is 0 Å². The number of aryl methyl sites for hydroxylation is 1. The number of anilines is 2. The first-order valence-corrected chi connectivity index (χ1v) is 6.73. The summed E-state index contributed by atoms with van der Waals surface area (Å²) < 4.78 is 29.2. The minimum absolute atomic E-state index is 0.120. The molecule has 0 radical (unpaired) electrons. The first-order chi connectivity index (χ1) is 9.81. The second-order valence-electron chi connectivity index (χ2n) is 4.20. The van der Waals surface area contributed by atoms with Crippen molar-refractivity contribution in [2.24, 2.45) is 7.05 Å². The summed E-state index contributed by atoms with van der Waals surface area (Å²) in [5.74, 6) is -3.40. The van der Waals surface area contributed by atoms with E-state index in [9.17, 15) is 18.4 Å². The Morgan fingerprint density at radius 2 is 2.05 bits per heavy atom. The lowest BCUT2D eigenvalue weighted by Gasteiger charge is -2.12. The Bertz CT molecular complexity index is 790. The molecule has 1 aromatic heterocycles. The SMILES string of the molecule is Cn1cc(C(=O)O)c(Nc2ccc(I)cc2F)c(F)c1=O. The fourth-order valence-corrected chi connectivity index (χ4v) is 2.16. The van der Waals surface area contributed by atoms with Gasteiger partial charge in [0.25, 0.3) is 5.56 Å². The number of benzene rings is 1. The van der Waals surface area contributed by atoms with E-state index in [4.69, 9.17) is 5.11 Å². The van der Waals surface area contributed by atoms with E-state index >= 15 is 0 Å². The molecule has 0 aliphatic rings. The number of pyridine rings is 1. The Kier molecular flexibility index (Phi) is 4.26. The van der Waals surface area contributed by atoms with Gasteiger partial charge in [-0.15, -0.1) is 0 Å². The summed E-state index contributed by atoms with van der Waals surface area (Å²) in [6.07, 6.45) is 0.973. The van der Waals surface area contributed by atoms with Gasteiger partial charge in [-0.05, 0) is 40.8 Å². The van der Waals surface area contributed by atoms with Crippen LogP contribution in [0.3, 0.4) is 0 Å². The molecule has 0 fully saturated rings. The Morgan fingerprint density at radius 1 is 1.38 bits per heavy atom. The zero-order chi connectivity index (χ0) is 15.7. The van der Waals surface area contributed by atoms with Gasteiger partial charge in [0.15, 0.2) is 0 Å².